The molecule has 0 unspecified atom stereocenters. The fourth-order valence-corrected chi connectivity index (χ4v) is 3.18. The largest absolute Gasteiger partial charge is 0.561 e. The molecule has 0 atom stereocenters. The van der Waals surface area contributed by atoms with Gasteiger partial charge in [-0.1, -0.05) is 60.7 Å². The Morgan fingerprint density at radius 2 is 1.46 bits per heavy atom. The Morgan fingerprint density at radius 1 is 0.786 bits per heavy atom. The minimum atomic E-state index is -0.680. The van der Waals surface area contributed by atoms with Gasteiger partial charge in [0.1, 0.15) is 17.9 Å². The number of hydrogen-bond acceptors (Lipinski definition) is 2. The summed E-state index contributed by atoms with van der Waals surface area (Å²) in [6.07, 6.45) is 3.88. The van der Waals surface area contributed by atoms with E-state index >= 15 is 0 Å². The summed E-state index contributed by atoms with van der Waals surface area (Å²) < 4.78 is 6.11. The van der Waals surface area contributed by atoms with E-state index in [1.165, 1.54) is 0 Å². The molecule has 4 heteroatoms. The molecule has 28 heavy (non-hydrogen) atoms. The zero-order valence-corrected chi connectivity index (χ0v) is 15.2. The van der Waals surface area contributed by atoms with Crippen molar-refractivity contribution in [3.8, 4) is 28.0 Å². The molecule has 0 spiro atoms. The minimum Gasteiger partial charge on any atom is -0.561 e. The normalized spacial score (nSPS) is 10.6. The van der Waals surface area contributed by atoms with E-state index in [4.69, 9.17) is 9.84 Å². The van der Waals surface area contributed by atoms with Crippen molar-refractivity contribution in [3.05, 3.63) is 102 Å². The van der Waals surface area contributed by atoms with E-state index in [2.05, 4.69) is 4.98 Å². The van der Waals surface area contributed by atoms with E-state index in [9.17, 15) is 4.79 Å². The number of aromatic nitrogens is 1. The molecule has 1 aromatic heterocycles. The van der Waals surface area contributed by atoms with Gasteiger partial charge in [0.2, 0.25) is 0 Å². The number of carbonyl (C=O) groups is 1. The Morgan fingerprint density at radius 3 is 2.21 bits per heavy atom. The molecule has 0 aliphatic rings. The van der Waals surface area contributed by atoms with Gasteiger partial charge in [-0.05, 0) is 29.3 Å². The van der Waals surface area contributed by atoms with Crippen LogP contribution >= 0.6 is 0 Å². The van der Waals surface area contributed by atoms with Crippen LogP contribution in [-0.2, 0) is 6.61 Å². The summed E-state index contributed by atoms with van der Waals surface area (Å²) in [6.45, 7) is 0.498. The quantitative estimate of drug-likeness (QED) is 0.496. The predicted octanol–water partition coefficient (Wildman–Crippen LogP) is 4.79. The van der Waals surface area contributed by atoms with Crippen LogP contribution in [0, 0.1) is 0 Å². The standard InChI is InChI=1S/C24H19NO3/c26-24(27)19-12-10-18(11-13-19)21-14-25-15-22(21)20-8-4-5-9-23(20)28-16-17-6-2-1-3-7-17/h1-15,25H,16H2,(H,26,27)/p+1. The fraction of sp³-hybridized carbons (Fsp3) is 0.0417. The summed E-state index contributed by atoms with van der Waals surface area (Å²) in [5, 5.41) is 7.22. The number of aromatic amines is 1. The van der Waals surface area contributed by atoms with Crippen molar-refractivity contribution in [1.82, 2.24) is 4.98 Å². The van der Waals surface area contributed by atoms with Gasteiger partial charge in [-0.15, -0.1) is 0 Å². The Bertz CT molecular complexity index is 1080. The molecule has 4 nitrogen and oxygen atoms in total. The number of para-hydroxylation sites is 1. The highest BCUT2D eigenvalue weighted by Crippen LogP contribution is 2.37. The second-order valence-electron chi connectivity index (χ2n) is 6.46. The van der Waals surface area contributed by atoms with Crippen molar-refractivity contribution in [2.45, 2.75) is 6.61 Å². The number of carbonyl (C=O) groups excluding carboxylic acids is 1. The number of H-pyrrole nitrogens is 1. The highest BCUT2D eigenvalue weighted by Gasteiger charge is 2.15. The summed E-state index contributed by atoms with van der Waals surface area (Å²) in [6, 6.07) is 25.1. The molecular weight excluding hydrogens is 350 g/mol. The average Bonchev–Trinajstić information content (AvgIpc) is 3.23. The van der Waals surface area contributed by atoms with E-state index in [1.807, 2.05) is 79.1 Å². The summed E-state index contributed by atoms with van der Waals surface area (Å²) in [7, 11) is 0. The Kier molecular flexibility index (Phi) is 4.93. The molecule has 0 bridgehead atoms. The molecule has 1 heterocycles. The van der Waals surface area contributed by atoms with Gasteiger partial charge in [0.05, 0.1) is 0 Å². The first kappa shape index (κ1) is 17.6. The van der Waals surface area contributed by atoms with Crippen molar-refractivity contribution >= 4 is 5.97 Å². The van der Waals surface area contributed by atoms with Gasteiger partial charge < -0.3 is 14.8 Å². The first-order valence-electron chi connectivity index (χ1n) is 9.01. The van der Waals surface area contributed by atoms with E-state index in [0.29, 0.717) is 12.2 Å². The maximum atomic E-state index is 11.2. The van der Waals surface area contributed by atoms with Crippen LogP contribution in [0.1, 0.15) is 15.9 Å². The molecule has 4 aromatic rings. The van der Waals surface area contributed by atoms with Crippen LogP contribution in [0.25, 0.3) is 22.3 Å². The lowest BCUT2D eigenvalue weighted by Crippen LogP contribution is -1.97. The fourth-order valence-electron chi connectivity index (χ4n) is 3.18. The Balaban J connectivity index is 1.65. The monoisotopic (exact) mass is 370 g/mol. The average molecular weight is 370 g/mol. The third-order valence-corrected chi connectivity index (χ3v) is 4.62. The van der Waals surface area contributed by atoms with Crippen molar-refractivity contribution in [2.75, 3.05) is 0 Å². The van der Waals surface area contributed by atoms with Crippen LogP contribution in [0.3, 0.4) is 0 Å². The molecule has 138 valence electrons. The Labute approximate surface area is 163 Å². The van der Waals surface area contributed by atoms with Gasteiger partial charge in [0, 0.05) is 33.9 Å². The summed E-state index contributed by atoms with van der Waals surface area (Å²) >= 11 is 0. The van der Waals surface area contributed by atoms with E-state index < -0.39 is 5.97 Å². The molecule has 3 N–H and O–H groups in total. The second kappa shape index (κ2) is 7.84. The van der Waals surface area contributed by atoms with E-state index in [0.717, 1.165) is 33.6 Å². The molecule has 0 amide bonds. The van der Waals surface area contributed by atoms with Gasteiger partial charge in [-0.2, -0.15) is 0 Å². The van der Waals surface area contributed by atoms with Crippen molar-refractivity contribution < 1.29 is 14.6 Å². The predicted molar refractivity (Wildman–Crippen MR) is 110 cm³/mol. The molecular formula is C24H20NO3+. The van der Waals surface area contributed by atoms with Crippen LogP contribution in [-0.4, -0.2) is 16.1 Å². The van der Waals surface area contributed by atoms with E-state index in [-0.39, 0.29) is 0 Å². The number of nitrogens with one attached hydrogen (secondary N) is 1. The molecule has 0 fully saturated rings. The SMILES string of the molecule is O=C([OH2+])c1ccc(-c2c[nH]cc2-c2ccccc2OCc2ccccc2)cc1. The first-order valence-corrected chi connectivity index (χ1v) is 9.01. The summed E-state index contributed by atoms with van der Waals surface area (Å²) in [4.78, 5) is 14.4. The van der Waals surface area contributed by atoms with Crippen LogP contribution in [0.4, 0.5) is 0 Å². The molecule has 4 rings (SSSR count). The number of rotatable bonds is 6. The summed E-state index contributed by atoms with van der Waals surface area (Å²) in [5.74, 6) is 0.130. The number of ether oxygens (including phenoxy) is 1. The maximum absolute atomic E-state index is 11.2. The molecule has 3 aromatic carbocycles. The Hall–Kier alpha value is -3.79. The van der Waals surface area contributed by atoms with Crippen molar-refractivity contribution in [2.24, 2.45) is 0 Å². The van der Waals surface area contributed by atoms with Crippen LogP contribution in [0.15, 0.2) is 91.3 Å². The second-order valence-corrected chi connectivity index (χ2v) is 6.46. The van der Waals surface area contributed by atoms with Crippen molar-refractivity contribution in [3.63, 3.8) is 0 Å². The summed E-state index contributed by atoms with van der Waals surface area (Å²) in [5.41, 5.74) is 5.50. The molecule has 0 aliphatic heterocycles. The topological polar surface area (TPSA) is 65.0 Å². The third-order valence-electron chi connectivity index (χ3n) is 4.62. The first-order chi connectivity index (χ1) is 13.7. The van der Waals surface area contributed by atoms with Crippen molar-refractivity contribution in [1.29, 1.82) is 0 Å². The van der Waals surface area contributed by atoms with Gasteiger partial charge in [0.25, 0.3) is 0 Å². The smallest absolute Gasteiger partial charge is 0.549 e. The van der Waals surface area contributed by atoms with Crippen LogP contribution in [0.5, 0.6) is 5.75 Å². The third kappa shape index (κ3) is 3.67. The van der Waals surface area contributed by atoms with Crippen LogP contribution in [0.2, 0.25) is 0 Å². The highest BCUT2D eigenvalue weighted by atomic mass is 16.5. The lowest BCUT2D eigenvalue weighted by atomic mass is 9.97. The molecule has 0 saturated heterocycles. The molecule has 0 saturated carbocycles. The van der Waals surface area contributed by atoms with Gasteiger partial charge in [-0.3, -0.25) is 0 Å². The van der Waals surface area contributed by atoms with Gasteiger partial charge in [-0.25, -0.2) is 0 Å². The number of hydrogen-bond donors (Lipinski definition) is 1. The zero-order valence-electron chi connectivity index (χ0n) is 15.2. The number of benzene rings is 3. The highest BCUT2D eigenvalue weighted by molar-refractivity contribution is 5.90. The molecule has 0 aliphatic carbocycles. The molecule has 0 radical (unpaired) electrons. The van der Waals surface area contributed by atoms with Gasteiger partial charge in [0.15, 0.2) is 0 Å². The maximum Gasteiger partial charge on any atom is 0.549 e. The lowest BCUT2D eigenvalue weighted by Gasteiger charge is -2.12. The van der Waals surface area contributed by atoms with Gasteiger partial charge >= 0.3 is 5.97 Å². The van der Waals surface area contributed by atoms with E-state index in [1.54, 1.807) is 12.1 Å². The zero-order chi connectivity index (χ0) is 19.3. The van der Waals surface area contributed by atoms with Crippen LogP contribution < -0.4 is 4.74 Å². The minimum absolute atomic E-state index is 0.382. The lowest BCUT2D eigenvalue weighted by molar-refractivity contribution is 0.0697.